The second-order valence-electron chi connectivity index (χ2n) is 5.80. The van der Waals surface area contributed by atoms with E-state index in [0.29, 0.717) is 17.2 Å². The van der Waals surface area contributed by atoms with Gasteiger partial charge in [-0.05, 0) is 48.9 Å². The molecule has 0 N–H and O–H groups in total. The van der Waals surface area contributed by atoms with Crippen LogP contribution in [-0.4, -0.2) is 10.9 Å². The van der Waals surface area contributed by atoms with E-state index < -0.39 is 0 Å². The van der Waals surface area contributed by atoms with E-state index in [1.54, 1.807) is 11.2 Å². The predicted octanol–water partition coefficient (Wildman–Crippen LogP) is 5.04. The van der Waals surface area contributed by atoms with Crippen molar-refractivity contribution < 1.29 is 9.21 Å². The summed E-state index contributed by atoms with van der Waals surface area (Å²) in [6.45, 7) is 2.40. The molecule has 0 saturated carbocycles. The zero-order chi connectivity index (χ0) is 17.2. The number of benzene rings is 2. The van der Waals surface area contributed by atoms with Gasteiger partial charge in [-0.3, -0.25) is 9.69 Å². The number of hydrogen-bond acceptors (Lipinski definition) is 4. The van der Waals surface area contributed by atoms with Crippen molar-refractivity contribution in [1.82, 2.24) is 4.98 Å². The summed E-state index contributed by atoms with van der Waals surface area (Å²) in [5.74, 6) is 0.632. The SMILES string of the molecule is Cc1ccc2nc(N(Cc3ccco3)C(=O)c3ccccc3)sc2c1. The molecule has 5 heteroatoms. The molecule has 0 unspecified atom stereocenters. The molecule has 4 nitrogen and oxygen atoms in total. The molecular weight excluding hydrogens is 332 g/mol. The van der Waals surface area contributed by atoms with Gasteiger partial charge in [0.2, 0.25) is 0 Å². The first-order chi connectivity index (χ1) is 12.2. The van der Waals surface area contributed by atoms with Gasteiger partial charge in [0.15, 0.2) is 5.13 Å². The molecule has 0 aliphatic heterocycles. The lowest BCUT2D eigenvalue weighted by Crippen LogP contribution is -2.30. The molecule has 0 fully saturated rings. The number of furan rings is 1. The first-order valence-electron chi connectivity index (χ1n) is 7.97. The fraction of sp³-hybridized carbons (Fsp3) is 0.100. The minimum atomic E-state index is -0.0900. The lowest BCUT2D eigenvalue weighted by molar-refractivity contribution is 0.0983. The minimum Gasteiger partial charge on any atom is -0.467 e. The third-order valence-corrected chi connectivity index (χ3v) is 4.96. The molecule has 4 rings (SSSR count). The number of amides is 1. The van der Waals surface area contributed by atoms with Gasteiger partial charge >= 0.3 is 0 Å². The van der Waals surface area contributed by atoms with Crippen molar-refractivity contribution >= 4 is 32.6 Å². The Morgan fingerprint density at radius 1 is 1.12 bits per heavy atom. The van der Waals surface area contributed by atoms with E-state index in [4.69, 9.17) is 4.42 Å². The number of hydrogen-bond donors (Lipinski definition) is 0. The van der Waals surface area contributed by atoms with Crippen LogP contribution in [0.25, 0.3) is 10.2 Å². The Balaban J connectivity index is 1.77. The normalized spacial score (nSPS) is 10.9. The second kappa shape index (κ2) is 6.53. The third kappa shape index (κ3) is 3.19. The molecule has 124 valence electrons. The Morgan fingerprint density at radius 2 is 1.96 bits per heavy atom. The molecular formula is C20H16N2O2S. The Bertz CT molecular complexity index is 1010. The van der Waals surface area contributed by atoms with E-state index >= 15 is 0 Å². The molecule has 0 aliphatic rings. The number of thiazole rings is 1. The maximum Gasteiger partial charge on any atom is 0.260 e. The summed E-state index contributed by atoms with van der Waals surface area (Å²) < 4.78 is 6.52. The van der Waals surface area contributed by atoms with Crippen molar-refractivity contribution in [2.45, 2.75) is 13.5 Å². The molecule has 0 spiro atoms. The van der Waals surface area contributed by atoms with E-state index in [-0.39, 0.29) is 5.91 Å². The maximum absolute atomic E-state index is 13.1. The number of aryl methyl sites for hydroxylation is 1. The largest absolute Gasteiger partial charge is 0.467 e. The average molecular weight is 348 g/mol. The molecule has 0 atom stereocenters. The van der Waals surface area contributed by atoms with Crippen LogP contribution in [0.4, 0.5) is 5.13 Å². The molecule has 4 aromatic rings. The Kier molecular flexibility index (Phi) is 4.07. The molecule has 1 amide bonds. The number of nitrogens with zero attached hydrogens (tertiary/aromatic N) is 2. The van der Waals surface area contributed by atoms with E-state index in [1.165, 1.54) is 16.9 Å². The lowest BCUT2D eigenvalue weighted by Gasteiger charge is -2.18. The molecule has 2 aromatic carbocycles. The smallest absolute Gasteiger partial charge is 0.260 e. The van der Waals surface area contributed by atoms with Crippen molar-refractivity contribution in [3.63, 3.8) is 0 Å². The van der Waals surface area contributed by atoms with Crippen LogP contribution in [0.5, 0.6) is 0 Å². The summed E-state index contributed by atoms with van der Waals surface area (Å²) in [5, 5.41) is 0.672. The van der Waals surface area contributed by atoms with Gasteiger partial charge in [0.05, 0.1) is 23.0 Å². The first-order valence-corrected chi connectivity index (χ1v) is 8.79. The van der Waals surface area contributed by atoms with Gasteiger partial charge in [0.25, 0.3) is 5.91 Å². The van der Waals surface area contributed by atoms with Gasteiger partial charge < -0.3 is 4.42 Å². The van der Waals surface area contributed by atoms with E-state index in [9.17, 15) is 4.79 Å². The van der Waals surface area contributed by atoms with Crippen molar-refractivity contribution in [3.05, 3.63) is 83.8 Å². The maximum atomic E-state index is 13.1. The quantitative estimate of drug-likeness (QED) is 0.519. The van der Waals surface area contributed by atoms with Crippen molar-refractivity contribution in [2.75, 3.05) is 4.90 Å². The van der Waals surface area contributed by atoms with Gasteiger partial charge in [-0.25, -0.2) is 4.98 Å². The number of aromatic nitrogens is 1. The number of carbonyl (C=O) groups excluding carboxylic acids is 1. The molecule has 2 heterocycles. The number of rotatable bonds is 4. The monoisotopic (exact) mass is 348 g/mol. The molecule has 2 aromatic heterocycles. The topological polar surface area (TPSA) is 46.3 Å². The zero-order valence-corrected chi connectivity index (χ0v) is 14.5. The van der Waals surface area contributed by atoms with E-state index in [0.717, 1.165) is 16.0 Å². The van der Waals surface area contributed by atoms with Crippen molar-refractivity contribution in [2.24, 2.45) is 0 Å². The summed E-state index contributed by atoms with van der Waals surface area (Å²) in [6, 6.07) is 19.0. The number of anilines is 1. The lowest BCUT2D eigenvalue weighted by atomic mass is 10.2. The summed E-state index contributed by atoms with van der Waals surface area (Å²) in [7, 11) is 0. The van der Waals surface area contributed by atoms with E-state index in [2.05, 4.69) is 18.0 Å². The summed E-state index contributed by atoms with van der Waals surface area (Å²) in [6.07, 6.45) is 1.61. The van der Waals surface area contributed by atoms with Gasteiger partial charge in [0, 0.05) is 5.56 Å². The van der Waals surface area contributed by atoms with E-state index in [1.807, 2.05) is 54.6 Å². The van der Waals surface area contributed by atoms with Crippen LogP contribution in [-0.2, 0) is 6.54 Å². The van der Waals surface area contributed by atoms with Gasteiger partial charge in [0.1, 0.15) is 5.76 Å². The van der Waals surface area contributed by atoms with Crippen LogP contribution in [0.2, 0.25) is 0 Å². The molecule has 0 saturated heterocycles. The number of fused-ring (bicyclic) bond motifs is 1. The minimum absolute atomic E-state index is 0.0900. The van der Waals surface area contributed by atoms with Crippen LogP contribution >= 0.6 is 11.3 Å². The van der Waals surface area contributed by atoms with Crippen LogP contribution < -0.4 is 4.90 Å². The fourth-order valence-corrected chi connectivity index (χ4v) is 3.72. The van der Waals surface area contributed by atoms with Crippen LogP contribution in [0.15, 0.2) is 71.3 Å². The standard InChI is InChI=1S/C20H16N2O2S/c1-14-9-10-17-18(12-14)25-20(21-17)22(13-16-8-5-11-24-16)19(23)15-6-3-2-4-7-15/h2-12H,13H2,1H3. The van der Waals surface area contributed by atoms with Gasteiger partial charge in [-0.1, -0.05) is 35.6 Å². The summed E-state index contributed by atoms with van der Waals surface area (Å²) in [4.78, 5) is 19.4. The average Bonchev–Trinajstić information content (AvgIpc) is 3.28. The molecule has 0 aliphatic carbocycles. The van der Waals surface area contributed by atoms with Crippen LogP contribution in [0, 0.1) is 6.92 Å². The highest BCUT2D eigenvalue weighted by atomic mass is 32.1. The first kappa shape index (κ1) is 15.6. The third-order valence-electron chi connectivity index (χ3n) is 3.92. The predicted molar refractivity (Wildman–Crippen MR) is 100 cm³/mol. The Morgan fingerprint density at radius 3 is 2.72 bits per heavy atom. The second-order valence-corrected chi connectivity index (χ2v) is 6.81. The van der Waals surface area contributed by atoms with Gasteiger partial charge in [-0.15, -0.1) is 0 Å². The molecule has 0 radical (unpaired) electrons. The zero-order valence-electron chi connectivity index (χ0n) is 13.7. The highest BCUT2D eigenvalue weighted by molar-refractivity contribution is 7.22. The highest BCUT2D eigenvalue weighted by Gasteiger charge is 2.22. The van der Waals surface area contributed by atoms with Gasteiger partial charge in [-0.2, -0.15) is 0 Å². The summed E-state index contributed by atoms with van der Waals surface area (Å²) >= 11 is 1.52. The Labute approximate surface area is 149 Å². The number of carbonyl (C=O) groups is 1. The Hall–Kier alpha value is -2.92. The van der Waals surface area contributed by atoms with Crippen molar-refractivity contribution in [3.8, 4) is 0 Å². The molecule has 0 bridgehead atoms. The van der Waals surface area contributed by atoms with Crippen LogP contribution in [0.1, 0.15) is 21.7 Å². The molecule has 25 heavy (non-hydrogen) atoms. The highest BCUT2D eigenvalue weighted by Crippen LogP contribution is 2.31. The summed E-state index contributed by atoms with van der Waals surface area (Å²) in [5.41, 5.74) is 2.70. The fourth-order valence-electron chi connectivity index (χ4n) is 2.66. The van der Waals surface area contributed by atoms with Crippen LogP contribution in [0.3, 0.4) is 0 Å². The van der Waals surface area contributed by atoms with Crippen molar-refractivity contribution in [1.29, 1.82) is 0 Å².